The number of ether oxygens (including phenoxy) is 1. The van der Waals surface area contributed by atoms with Crippen molar-refractivity contribution in [3.63, 3.8) is 0 Å². The summed E-state index contributed by atoms with van der Waals surface area (Å²) in [4.78, 5) is 24.5. The molecule has 22 heavy (non-hydrogen) atoms. The zero-order valence-corrected chi connectivity index (χ0v) is 12.7. The maximum absolute atomic E-state index is 12.0. The number of hydrogen-bond donors (Lipinski definition) is 2. The summed E-state index contributed by atoms with van der Waals surface area (Å²) in [5, 5.41) is 16.3. The predicted molar refractivity (Wildman–Crippen MR) is 82.3 cm³/mol. The van der Waals surface area contributed by atoms with E-state index in [2.05, 4.69) is 22.6 Å². The van der Waals surface area contributed by atoms with Gasteiger partial charge in [-0.1, -0.05) is 0 Å². The van der Waals surface area contributed by atoms with Crippen LogP contribution in [0.1, 0.15) is 12.8 Å². The number of hydrogen-bond acceptors (Lipinski definition) is 5. The third-order valence-corrected chi connectivity index (χ3v) is 3.70. The predicted octanol–water partition coefficient (Wildman–Crippen LogP) is 1.82. The van der Waals surface area contributed by atoms with Crippen LogP contribution in [0.3, 0.4) is 0 Å². The lowest BCUT2D eigenvalue weighted by Gasteiger charge is -2.29. The molecule has 2 amide bonds. The van der Waals surface area contributed by atoms with E-state index in [4.69, 9.17) is 4.74 Å². The van der Waals surface area contributed by atoms with E-state index in [-0.39, 0.29) is 23.5 Å². The Hall–Kier alpha value is -2.35. The van der Waals surface area contributed by atoms with Crippen LogP contribution >= 0.6 is 0 Å². The lowest BCUT2D eigenvalue weighted by atomic mass is 10.1. The Bertz CT molecular complexity index is 556. The van der Waals surface area contributed by atoms with Gasteiger partial charge in [-0.15, -0.1) is 0 Å². The highest BCUT2D eigenvalue weighted by molar-refractivity contribution is 5.91. The van der Waals surface area contributed by atoms with Crippen LogP contribution in [0.15, 0.2) is 18.2 Å². The number of rotatable bonds is 4. The number of carbonyl (C=O) groups is 1. The van der Waals surface area contributed by atoms with Gasteiger partial charge in [-0.3, -0.25) is 10.1 Å². The quantitative estimate of drug-likeness (QED) is 0.653. The van der Waals surface area contributed by atoms with Gasteiger partial charge in [0.25, 0.3) is 5.69 Å². The topological polar surface area (TPSA) is 96.7 Å². The van der Waals surface area contributed by atoms with Crippen LogP contribution in [0.4, 0.5) is 16.2 Å². The minimum absolute atomic E-state index is 0.0851. The molecule has 0 unspecified atom stereocenters. The summed E-state index contributed by atoms with van der Waals surface area (Å²) in [6.07, 6.45) is 1.81. The number of nitrogens with zero attached hydrogens (tertiary/aromatic N) is 2. The second-order valence-corrected chi connectivity index (χ2v) is 5.32. The van der Waals surface area contributed by atoms with Gasteiger partial charge in [0.1, 0.15) is 5.75 Å². The fraction of sp³-hybridized carbons (Fsp3) is 0.500. The zero-order valence-electron chi connectivity index (χ0n) is 12.7. The first-order valence-corrected chi connectivity index (χ1v) is 7.08. The Morgan fingerprint density at radius 1 is 1.41 bits per heavy atom. The summed E-state index contributed by atoms with van der Waals surface area (Å²) in [7, 11) is 3.46. The maximum atomic E-state index is 12.0. The van der Waals surface area contributed by atoms with Crippen LogP contribution in [0.2, 0.25) is 0 Å². The molecule has 1 saturated heterocycles. The molecule has 0 aliphatic carbocycles. The molecule has 0 spiro atoms. The molecule has 8 nitrogen and oxygen atoms in total. The van der Waals surface area contributed by atoms with Gasteiger partial charge >= 0.3 is 6.03 Å². The normalized spacial score (nSPS) is 16.1. The Labute approximate surface area is 128 Å². The maximum Gasteiger partial charge on any atom is 0.319 e. The number of carbonyl (C=O) groups excluding carboxylic acids is 1. The summed E-state index contributed by atoms with van der Waals surface area (Å²) < 4.78 is 5.09. The first-order chi connectivity index (χ1) is 10.5. The van der Waals surface area contributed by atoms with Crippen molar-refractivity contribution in [2.24, 2.45) is 0 Å². The van der Waals surface area contributed by atoms with E-state index in [1.54, 1.807) is 0 Å². The van der Waals surface area contributed by atoms with Gasteiger partial charge in [0, 0.05) is 12.1 Å². The fourth-order valence-corrected chi connectivity index (χ4v) is 2.39. The number of non-ortho nitro benzene ring substituents is 1. The summed E-state index contributed by atoms with van der Waals surface area (Å²) in [5.74, 6) is 0.257. The van der Waals surface area contributed by atoms with Gasteiger partial charge in [-0.05, 0) is 39.0 Å². The van der Waals surface area contributed by atoms with Gasteiger partial charge in [0.15, 0.2) is 0 Å². The SMILES string of the molecule is COc1cc([N+](=O)[O-])ccc1NC(=O)NC1CCN(C)CC1. The summed E-state index contributed by atoms with van der Waals surface area (Å²) in [6.45, 7) is 1.90. The van der Waals surface area contributed by atoms with Crippen molar-refractivity contribution in [1.29, 1.82) is 0 Å². The Morgan fingerprint density at radius 3 is 2.68 bits per heavy atom. The molecule has 0 atom stereocenters. The summed E-state index contributed by atoms with van der Waals surface area (Å²) in [5.41, 5.74) is 0.316. The van der Waals surface area contributed by atoms with Gasteiger partial charge in [-0.25, -0.2) is 4.79 Å². The Morgan fingerprint density at radius 2 is 2.09 bits per heavy atom. The van der Waals surface area contributed by atoms with Gasteiger partial charge in [0.2, 0.25) is 0 Å². The largest absolute Gasteiger partial charge is 0.494 e. The zero-order chi connectivity index (χ0) is 16.1. The van der Waals surface area contributed by atoms with Crippen molar-refractivity contribution in [2.75, 3.05) is 32.6 Å². The Kier molecular flexibility index (Phi) is 5.16. The number of likely N-dealkylation sites (tertiary alicyclic amines) is 1. The molecular formula is C14H20N4O4. The van der Waals surface area contributed by atoms with Crippen molar-refractivity contribution in [2.45, 2.75) is 18.9 Å². The van der Waals surface area contributed by atoms with Crippen LogP contribution < -0.4 is 15.4 Å². The van der Waals surface area contributed by atoms with E-state index in [0.29, 0.717) is 5.69 Å². The van der Waals surface area contributed by atoms with Crippen molar-refractivity contribution in [1.82, 2.24) is 10.2 Å². The van der Waals surface area contributed by atoms with Crippen molar-refractivity contribution in [3.8, 4) is 5.75 Å². The Balaban J connectivity index is 1.97. The number of benzene rings is 1. The van der Waals surface area contributed by atoms with E-state index in [1.807, 2.05) is 0 Å². The number of nitro groups is 1. The second kappa shape index (κ2) is 7.08. The number of amides is 2. The van der Waals surface area contributed by atoms with Crippen LogP contribution in [-0.2, 0) is 0 Å². The van der Waals surface area contributed by atoms with Gasteiger partial charge < -0.3 is 20.3 Å². The molecule has 0 bridgehead atoms. The lowest BCUT2D eigenvalue weighted by Crippen LogP contribution is -2.44. The highest BCUT2D eigenvalue weighted by atomic mass is 16.6. The minimum atomic E-state index is -0.509. The highest BCUT2D eigenvalue weighted by Crippen LogP contribution is 2.28. The van der Waals surface area contributed by atoms with E-state index in [9.17, 15) is 14.9 Å². The molecule has 8 heteroatoms. The lowest BCUT2D eigenvalue weighted by molar-refractivity contribution is -0.384. The minimum Gasteiger partial charge on any atom is -0.494 e. The van der Waals surface area contributed by atoms with E-state index < -0.39 is 4.92 Å². The molecule has 1 aromatic carbocycles. The fourth-order valence-electron chi connectivity index (χ4n) is 2.39. The van der Waals surface area contributed by atoms with Crippen LogP contribution in [0.5, 0.6) is 5.75 Å². The average Bonchev–Trinajstić information content (AvgIpc) is 2.49. The molecule has 2 N–H and O–H groups in total. The molecule has 1 aromatic rings. The standard InChI is InChI=1S/C14H20N4O4/c1-17-7-5-10(6-8-17)15-14(19)16-12-4-3-11(18(20)21)9-13(12)22-2/h3-4,9-10H,5-8H2,1-2H3,(H2,15,16,19). The molecule has 1 fully saturated rings. The number of piperidine rings is 1. The first-order valence-electron chi connectivity index (χ1n) is 7.08. The molecule has 1 heterocycles. The highest BCUT2D eigenvalue weighted by Gasteiger charge is 2.19. The van der Waals surface area contributed by atoms with Crippen molar-refractivity contribution < 1.29 is 14.5 Å². The molecule has 1 aliphatic rings. The third-order valence-electron chi connectivity index (χ3n) is 3.70. The average molecular weight is 308 g/mol. The molecule has 120 valence electrons. The molecule has 1 aliphatic heterocycles. The summed E-state index contributed by atoms with van der Waals surface area (Å²) >= 11 is 0. The second-order valence-electron chi connectivity index (χ2n) is 5.32. The van der Waals surface area contributed by atoms with E-state index in [0.717, 1.165) is 25.9 Å². The first kappa shape index (κ1) is 16.0. The molecule has 0 radical (unpaired) electrons. The van der Waals surface area contributed by atoms with E-state index >= 15 is 0 Å². The summed E-state index contributed by atoms with van der Waals surface area (Å²) in [6, 6.07) is 3.88. The van der Waals surface area contributed by atoms with Crippen molar-refractivity contribution >= 4 is 17.4 Å². The van der Waals surface area contributed by atoms with Gasteiger partial charge in [0.05, 0.1) is 23.8 Å². The number of nitrogens with one attached hydrogen (secondary N) is 2. The van der Waals surface area contributed by atoms with Crippen LogP contribution in [0, 0.1) is 10.1 Å². The number of anilines is 1. The molecule has 2 rings (SSSR count). The molecule has 0 saturated carbocycles. The number of urea groups is 1. The number of methoxy groups -OCH3 is 1. The van der Waals surface area contributed by atoms with Crippen LogP contribution in [-0.4, -0.2) is 49.1 Å². The molecular weight excluding hydrogens is 288 g/mol. The van der Waals surface area contributed by atoms with E-state index in [1.165, 1.54) is 25.3 Å². The third kappa shape index (κ3) is 4.08. The smallest absolute Gasteiger partial charge is 0.319 e. The molecule has 0 aromatic heterocycles. The van der Waals surface area contributed by atoms with Crippen molar-refractivity contribution in [3.05, 3.63) is 28.3 Å². The van der Waals surface area contributed by atoms with Gasteiger partial charge in [-0.2, -0.15) is 0 Å². The number of nitro benzene ring substituents is 1. The monoisotopic (exact) mass is 308 g/mol. The van der Waals surface area contributed by atoms with Crippen LogP contribution in [0.25, 0.3) is 0 Å².